The summed E-state index contributed by atoms with van der Waals surface area (Å²) in [6, 6.07) is 12.1. The molecule has 45 heavy (non-hydrogen) atoms. The first kappa shape index (κ1) is 36.0. The molecule has 0 fully saturated rings. The largest absolute Gasteiger partial charge is 0.454 e. The van der Waals surface area contributed by atoms with E-state index in [4.69, 9.17) is 38.6 Å². The number of carbonyl (C=O) groups excluding carboxylic acids is 1. The maximum absolute atomic E-state index is 12.7. The van der Waals surface area contributed by atoms with Gasteiger partial charge in [-0.1, -0.05) is 13.3 Å². The van der Waals surface area contributed by atoms with Gasteiger partial charge in [0.25, 0.3) is 0 Å². The number of hydrogen-bond donors (Lipinski definition) is 3. The van der Waals surface area contributed by atoms with E-state index in [9.17, 15) is 9.59 Å². The molecular weight excluding hydrogens is 582 g/mol. The van der Waals surface area contributed by atoms with Crippen LogP contribution in [0.5, 0.6) is 0 Å². The lowest BCUT2D eigenvalue weighted by Crippen LogP contribution is -2.17. The normalized spacial score (nSPS) is 11.2. The first-order valence-corrected chi connectivity index (χ1v) is 15.4. The van der Waals surface area contributed by atoms with Crippen LogP contribution >= 0.6 is 0 Å². The zero-order valence-electron chi connectivity index (χ0n) is 26.4. The van der Waals surface area contributed by atoms with Gasteiger partial charge in [0.05, 0.1) is 95.9 Å². The number of rotatable bonds is 24. The number of benzene rings is 2. The summed E-state index contributed by atoms with van der Waals surface area (Å²) in [5.74, 6) is 0.111. The van der Waals surface area contributed by atoms with Crippen LogP contribution in [0.25, 0.3) is 22.3 Å². The fourth-order valence-corrected chi connectivity index (χ4v) is 4.12. The number of fused-ring (bicyclic) bond motifs is 1. The number of hydrogen-bond acceptors (Lipinski definition) is 11. The maximum Gasteiger partial charge on any atom is 0.226 e. The van der Waals surface area contributed by atoms with Gasteiger partial charge in [-0.25, -0.2) is 0 Å². The first-order chi connectivity index (χ1) is 22.0. The van der Waals surface area contributed by atoms with Gasteiger partial charge >= 0.3 is 0 Å². The summed E-state index contributed by atoms with van der Waals surface area (Å²) in [5, 5.41) is 6.16. The Morgan fingerprint density at radius 2 is 1.29 bits per heavy atom. The van der Waals surface area contributed by atoms with E-state index in [0.29, 0.717) is 82.9 Å². The van der Waals surface area contributed by atoms with E-state index >= 15 is 0 Å². The van der Waals surface area contributed by atoms with Crippen LogP contribution in [-0.4, -0.2) is 92.2 Å². The zero-order valence-corrected chi connectivity index (χ0v) is 26.4. The van der Waals surface area contributed by atoms with Crippen molar-refractivity contribution in [3.05, 3.63) is 52.7 Å². The summed E-state index contributed by atoms with van der Waals surface area (Å²) in [4.78, 5) is 25.2. The van der Waals surface area contributed by atoms with Gasteiger partial charge in [0.2, 0.25) is 5.91 Å². The van der Waals surface area contributed by atoms with E-state index in [1.807, 2.05) is 31.3 Å². The number of nitrogens with two attached hydrogens (primary N) is 1. The third-order valence-electron chi connectivity index (χ3n) is 6.64. The van der Waals surface area contributed by atoms with Crippen LogP contribution in [0.15, 0.2) is 51.7 Å². The molecule has 248 valence electrons. The molecule has 2 aromatic carbocycles. The van der Waals surface area contributed by atoms with Crippen LogP contribution in [0.1, 0.15) is 26.2 Å². The topological polar surface area (TPSA) is 153 Å². The van der Waals surface area contributed by atoms with Gasteiger partial charge in [-0.05, 0) is 42.8 Å². The molecule has 0 atom stereocenters. The number of ether oxygens (including phenoxy) is 6. The summed E-state index contributed by atoms with van der Waals surface area (Å²) in [7, 11) is 1.83. The molecule has 1 heterocycles. The van der Waals surface area contributed by atoms with Gasteiger partial charge in [-0.15, -0.1) is 0 Å². The van der Waals surface area contributed by atoms with E-state index in [-0.39, 0.29) is 35.6 Å². The van der Waals surface area contributed by atoms with Crippen LogP contribution in [0.2, 0.25) is 0 Å². The number of unbranched alkanes of at least 4 members (excludes halogenated alkanes) is 1. The van der Waals surface area contributed by atoms with Crippen LogP contribution in [-0.2, 0) is 33.2 Å². The number of carbonyl (C=O) groups is 1. The molecule has 3 aromatic rings. The third-order valence-corrected chi connectivity index (χ3v) is 6.64. The molecule has 4 N–H and O–H groups in total. The molecule has 1 aromatic heterocycles. The molecule has 1 amide bonds. The summed E-state index contributed by atoms with van der Waals surface area (Å²) in [6.45, 7) is 7.98. The van der Waals surface area contributed by atoms with E-state index in [1.54, 1.807) is 12.1 Å². The predicted molar refractivity (Wildman–Crippen MR) is 175 cm³/mol. The van der Waals surface area contributed by atoms with Crippen molar-refractivity contribution in [3.8, 4) is 11.3 Å². The molecule has 0 radical (unpaired) electrons. The number of amides is 1. The molecule has 0 unspecified atom stereocenters. The highest BCUT2D eigenvalue weighted by Gasteiger charge is 2.14. The third kappa shape index (κ3) is 13.2. The number of nitrogens with one attached hydrogen (secondary N) is 2. The Hall–Kier alpha value is -3.52. The minimum absolute atomic E-state index is 0.125. The van der Waals surface area contributed by atoms with Gasteiger partial charge in [-0.2, -0.15) is 0 Å². The van der Waals surface area contributed by atoms with Crippen molar-refractivity contribution in [1.82, 2.24) is 0 Å². The smallest absolute Gasteiger partial charge is 0.226 e. The molecule has 0 saturated heterocycles. The highest BCUT2D eigenvalue weighted by atomic mass is 16.6. The van der Waals surface area contributed by atoms with Crippen molar-refractivity contribution >= 4 is 33.9 Å². The summed E-state index contributed by atoms with van der Waals surface area (Å²) < 4.78 is 38.8. The Bertz CT molecular complexity index is 1330. The zero-order chi connectivity index (χ0) is 32.1. The van der Waals surface area contributed by atoms with Crippen LogP contribution in [0.4, 0.5) is 17.1 Å². The highest BCUT2D eigenvalue weighted by molar-refractivity contribution is 6.01. The van der Waals surface area contributed by atoms with Gasteiger partial charge < -0.3 is 49.2 Å². The standard InChI is InChI=1S/C33H47N3O9/c1-3-4-12-39-14-16-41-18-20-43-22-23-44-21-19-42-17-15-40-13-11-31(38)36-28-10-9-27-29(37)24-30(45-33(27)32(28)34)25-5-7-26(35-2)8-6-25/h5-10,24,35H,3-4,11-23,34H2,1-2H3,(H,36,38). The molecule has 12 heteroatoms. The Kier molecular flexibility index (Phi) is 17.0. The molecule has 0 spiro atoms. The second kappa shape index (κ2) is 21.3. The highest BCUT2D eigenvalue weighted by Crippen LogP contribution is 2.31. The number of anilines is 3. The lowest BCUT2D eigenvalue weighted by atomic mass is 10.1. The lowest BCUT2D eigenvalue weighted by molar-refractivity contribution is -0.117. The Balaban J connectivity index is 1.23. The quantitative estimate of drug-likeness (QED) is 0.0960. The van der Waals surface area contributed by atoms with E-state index in [0.717, 1.165) is 30.7 Å². The van der Waals surface area contributed by atoms with Crippen molar-refractivity contribution in [3.63, 3.8) is 0 Å². The van der Waals surface area contributed by atoms with Crippen molar-refractivity contribution in [1.29, 1.82) is 0 Å². The van der Waals surface area contributed by atoms with Crippen LogP contribution in [0, 0.1) is 0 Å². The average molecular weight is 630 g/mol. The molecule has 12 nitrogen and oxygen atoms in total. The fourth-order valence-electron chi connectivity index (χ4n) is 4.12. The van der Waals surface area contributed by atoms with Crippen LogP contribution in [0.3, 0.4) is 0 Å². The lowest BCUT2D eigenvalue weighted by Gasteiger charge is -2.11. The molecule has 0 saturated carbocycles. The second-order valence-corrected chi connectivity index (χ2v) is 10.0. The van der Waals surface area contributed by atoms with Gasteiger partial charge in [-0.3, -0.25) is 9.59 Å². The summed E-state index contributed by atoms with van der Waals surface area (Å²) in [6.07, 6.45) is 2.33. The van der Waals surface area contributed by atoms with E-state index < -0.39 is 0 Å². The second-order valence-electron chi connectivity index (χ2n) is 10.0. The summed E-state index contributed by atoms with van der Waals surface area (Å²) >= 11 is 0. The molecule has 0 bridgehead atoms. The average Bonchev–Trinajstić information content (AvgIpc) is 3.05. The molecule has 0 aliphatic carbocycles. The molecule has 0 aliphatic heterocycles. The van der Waals surface area contributed by atoms with Gasteiger partial charge in [0.1, 0.15) is 5.76 Å². The Morgan fingerprint density at radius 3 is 1.82 bits per heavy atom. The van der Waals surface area contributed by atoms with E-state index in [1.165, 1.54) is 6.07 Å². The minimum Gasteiger partial charge on any atom is -0.454 e. The first-order valence-electron chi connectivity index (χ1n) is 15.4. The fraction of sp³-hybridized carbons (Fsp3) is 0.515. The van der Waals surface area contributed by atoms with Crippen molar-refractivity contribution in [2.45, 2.75) is 26.2 Å². The monoisotopic (exact) mass is 629 g/mol. The Labute approximate surface area is 264 Å². The molecule has 3 rings (SSSR count). The molecule has 0 aliphatic rings. The SMILES string of the molecule is CCCCOCCOCCOCCOCCOCCOCCC(=O)Nc1ccc2c(=O)cc(-c3ccc(NC)cc3)oc2c1N. The van der Waals surface area contributed by atoms with Gasteiger partial charge in [0.15, 0.2) is 11.0 Å². The van der Waals surface area contributed by atoms with Crippen molar-refractivity contribution < 1.29 is 37.6 Å². The maximum atomic E-state index is 12.7. The number of nitrogen functional groups attached to an aromatic ring is 1. The summed E-state index contributed by atoms with van der Waals surface area (Å²) in [5.41, 5.74) is 8.52. The van der Waals surface area contributed by atoms with Crippen LogP contribution < -0.4 is 21.8 Å². The van der Waals surface area contributed by atoms with Crippen molar-refractivity contribution in [2.75, 3.05) is 103 Å². The van der Waals surface area contributed by atoms with Crippen molar-refractivity contribution in [2.24, 2.45) is 0 Å². The minimum atomic E-state index is -0.276. The van der Waals surface area contributed by atoms with Gasteiger partial charge in [0, 0.05) is 31.0 Å². The molecular formula is C33H47N3O9. The predicted octanol–water partition coefficient (Wildman–Crippen LogP) is 4.31. The van der Waals surface area contributed by atoms with E-state index in [2.05, 4.69) is 17.6 Å². The Morgan fingerprint density at radius 1 is 0.756 bits per heavy atom.